The maximum atomic E-state index is 4.52. The van der Waals surface area contributed by atoms with Gasteiger partial charge in [0.15, 0.2) is 11.6 Å². The molecule has 0 saturated heterocycles. The third kappa shape index (κ3) is 2.63. The SMILES string of the molecule is Cc1cc(N2CCn3c(nnc3-c3ccccc3)C2)ncc1Br. The van der Waals surface area contributed by atoms with Crippen LogP contribution in [0.1, 0.15) is 11.4 Å². The molecule has 1 aliphatic heterocycles. The summed E-state index contributed by atoms with van der Waals surface area (Å²) < 4.78 is 3.24. The quantitative estimate of drug-likeness (QED) is 0.694. The molecule has 3 aromatic rings. The summed E-state index contributed by atoms with van der Waals surface area (Å²) >= 11 is 3.50. The van der Waals surface area contributed by atoms with Crippen LogP contribution < -0.4 is 4.90 Å². The third-order valence-electron chi connectivity index (χ3n) is 4.14. The van der Waals surface area contributed by atoms with Crippen molar-refractivity contribution in [1.29, 1.82) is 0 Å². The fraction of sp³-hybridized carbons (Fsp3) is 0.235. The first-order valence-electron chi connectivity index (χ1n) is 7.57. The predicted molar refractivity (Wildman–Crippen MR) is 93.2 cm³/mol. The highest BCUT2D eigenvalue weighted by molar-refractivity contribution is 9.10. The number of halogens is 1. The lowest BCUT2D eigenvalue weighted by Gasteiger charge is -2.29. The molecular weight excluding hydrogens is 354 g/mol. The number of aryl methyl sites for hydroxylation is 1. The molecule has 0 radical (unpaired) electrons. The van der Waals surface area contributed by atoms with Gasteiger partial charge in [0, 0.05) is 29.3 Å². The number of benzene rings is 1. The van der Waals surface area contributed by atoms with E-state index in [2.05, 4.69) is 65.7 Å². The van der Waals surface area contributed by atoms with Crippen LogP contribution in [-0.2, 0) is 13.1 Å². The van der Waals surface area contributed by atoms with Crippen molar-refractivity contribution in [2.24, 2.45) is 0 Å². The molecule has 0 bridgehead atoms. The van der Waals surface area contributed by atoms with Gasteiger partial charge in [-0.05, 0) is 34.5 Å². The number of hydrogen-bond acceptors (Lipinski definition) is 4. The average Bonchev–Trinajstić information content (AvgIpc) is 3.01. The minimum atomic E-state index is 0.730. The van der Waals surface area contributed by atoms with Gasteiger partial charge in [-0.1, -0.05) is 30.3 Å². The lowest BCUT2D eigenvalue weighted by molar-refractivity contribution is 0.559. The van der Waals surface area contributed by atoms with Crippen LogP contribution in [0, 0.1) is 6.92 Å². The fourth-order valence-electron chi connectivity index (χ4n) is 2.85. The Labute approximate surface area is 143 Å². The molecule has 0 N–H and O–H groups in total. The monoisotopic (exact) mass is 369 g/mol. The molecule has 23 heavy (non-hydrogen) atoms. The number of rotatable bonds is 2. The van der Waals surface area contributed by atoms with E-state index < -0.39 is 0 Å². The van der Waals surface area contributed by atoms with Crippen LogP contribution in [0.3, 0.4) is 0 Å². The molecule has 1 aromatic carbocycles. The Hall–Kier alpha value is -2.21. The zero-order chi connectivity index (χ0) is 15.8. The summed E-state index contributed by atoms with van der Waals surface area (Å²) in [5, 5.41) is 8.77. The fourth-order valence-corrected chi connectivity index (χ4v) is 3.07. The van der Waals surface area contributed by atoms with E-state index in [-0.39, 0.29) is 0 Å². The molecule has 0 amide bonds. The van der Waals surface area contributed by atoms with E-state index in [0.29, 0.717) is 0 Å². The van der Waals surface area contributed by atoms with Crippen molar-refractivity contribution < 1.29 is 0 Å². The molecule has 3 heterocycles. The Morgan fingerprint density at radius 2 is 1.91 bits per heavy atom. The standard InChI is InChI=1S/C17H16BrN5/c1-12-9-15(19-10-14(12)18)22-7-8-23-16(11-22)20-21-17(23)13-5-3-2-4-6-13/h2-6,9-10H,7-8,11H2,1H3. The summed E-state index contributed by atoms with van der Waals surface area (Å²) in [5.74, 6) is 2.92. The van der Waals surface area contributed by atoms with Crippen LogP contribution in [-0.4, -0.2) is 26.3 Å². The third-order valence-corrected chi connectivity index (χ3v) is 4.97. The van der Waals surface area contributed by atoms with Gasteiger partial charge in [-0.15, -0.1) is 10.2 Å². The Morgan fingerprint density at radius 1 is 1.09 bits per heavy atom. The van der Waals surface area contributed by atoms with Crippen molar-refractivity contribution in [1.82, 2.24) is 19.7 Å². The van der Waals surface area contributed by atoms with Crippen LogP contribution in [0.15, 0.2) is 47.1 Å². The Balaban J connectivity index is 1.63. The lowest BCUT2D eigenvalue weighted by atomic mass is 10.2. The Kier molecular flexibility index (Phi) is 3.61. The first kappa shape index (κ1) is 14.4. The summed E-state index contributed by atoms with van der Waals surface area (Å²) in [7, 11) is 0. The summed E-state index contributed by atoms with van der Waals surface area (Å²) in [6, 6.07) is 12.3. The van der Waals surface area contributed by atoms with Crippen molar-refractivity contribution in [3.8, 4) is 11.4 Å². The second-order valence-corrected chi connectivity index (χ2v) is 6.53. The van der Waals surface area contributed by atoms with E-state index in [9.17, 15) is 0 Å². The second kappa shape index (κ2) is 5.77. The molecule has 2 aromatic heterocycles. The van der Waals surface area contributed by atoms with Gasteiger partial charge in [-0.2, -0.15) is 0 Å². The van der Waals surface area contributed by atoms with E-state index in [4.69, 9.17) is 0 Å². The molecule has 6 heteroatoms. The zero-order valence-electron chi connectivity index (χ0n) is 12.8. The first-order chi connectivity index (χ1) is 11.2. The number of aromatic nitrogens is 4. The number of hydrogen-bond donors (Lipinski definition) is 0. The molecule has 4 rings (SSSR count). The number of fused-ring (bicyclic) bond motifs is 1. The molecule has 0 atom stereocenters. The topological polar surface area (TPSA) is 46.8 Å². The van der Waals surface area contributed by atoms with E-state index in [1.54, 1.807) is 0 Å². The van der Waals surface area contributed by atoms with Crippen molar-refractivity contribution in [3.05, 3.63) is 58.5 Å². The lowest BCUT2D eigenvalue weighted by Crippen LogP contribution is -2.34. The predicted octanol–water partition coefficient (Wildman–Crippen LogP) is 3.43. The number of anilines is 1. The van der Waals surface area contributed by atoms with Crippen LogP contribution in [0.4, 0.5) is 5.82 Å². The molecule has 5 nitrogen and oxygen atoms in total. The van der Waals surface area contributed by atoms with Gasteiger partial charge >= 0.3 is 0 Å². The highest BCUT2D eigenvalue weighted by Gasteiger charge is 2.22. The highest BCUT2D eigenvalue weighted by Crippen LogP contribution is 2.25. The van der Waals surface area contributed by atoms with Gasteiger partial charge in [0.1, 0.15) is 5.82 Å². The maximum Gasteiger partial charge on any atom is 0.164 e. The van der Waals surface area contributed by atoms with Gasteiger partial charge in [0.2, 0.25) is 0 Å². The minimum absolute atomic E-state index is 0.730. The van der Waals surface area contributed by atoms with Gasteiger partial charge in [-0.25, -0.2) is 4.98 Å². The van der Waals surface area contributed by atoms with Crippen molar-refractivity contribution in [2.75, 3.05) is 11.4 Å². The maximum absolute atomic E-state index is 4.52. The Morgan fingerprint density at radius 3 is 2.70 bits per heavy atom. The van der Waals surface area contributed by atoms with E-state index >= 15 is 0 Å². The van der Waals surface area contributed by atoms with E-state index in [1.807, 2.05) is 24.4 Å². The average molecular weight is 370 g/mol. The summed E-state index contributed by atoms with van der Waals surface area (Å²) in [5.41, 5.74) is 2.30. The highest BCUT2D eigenvalue weighted by atomic mass is 79.9. The van der Waals surface area contributed by atoms with Crippen LogP contribution >= 0.6 is 15.9 Å². The molecule has 0 fully saturated rings. The smallest absolute Gasteiger partial charge is 0.164 e. The summed E-state index contributed by atoms with van der Waals surface area (Å²) in [6.07, 6.45) is 1.86. The van der Waals surface area contributed by atoms with Gasteiger partial charge < -0.3 is 9.47 Å². The normalized spacial score (nSPS) is 13.9. The first-order valence-corrected chi connectivity index (χ1v) is 8.36. The van der Waals surface area contributed by atoms with Crippen LogP contribution in [0.25, 0.3) is 11.4 Å². The summed E-state index contributed by atoms with van der Waals surface area (Å²) in [4.78, 5) is 6.77. The molecule has 0 spiro atoms. The van der Waals surface area contributed by atoms with Crippen LogP contribution in [0.2, 0.25) is 0 Å². The van der Waals surface area contributed by atoms with E-state index in [1.165, 1.54) is 5.56 Å². The number of nitrogens with zero attached hydrogens (tertiary/aromatic N) is 5. The molecule has 116 valence electrons. The van der Waals surface area contributed by atoms with E-state index in [0.717, 1.165) is 47.1 Å². The minimum Gasteiger partial charge on any atom is -0.347 e. The van der Waals surface area contributed by atoms with Crippen molar-refractivity contribution >= 4 is 21.7 Å². The molecule has 0 unspecified atom stereocenters. The molecular formula is C17H16BrN5. The van der Waals surface area contributed by atoms with Crippen molar-refractivity contribution in [2.45, 2.75) is 20.0 Å². The molecule has 1 aliphatic rings. The molecule has 0 aliphatic carbocycles. The van der Waals surface area contributed by atoms with Gasteiger partial charge in [-0.3, -0.25) is 0 Å². The van der Waals surface area contributed by atoms with Gasteiger partial charge in [0.05, 0.1) is 6.54 Å². The zero-order valence-corrected chi connectivity index (χ0v) is 14.4. The van der Waals surface area contributed by atoms with Gasteiger partial charge in [0.25, 0.3) is 0 Å². The summed E-state index contributed by atoms with van der Waals surface area (Å²) in [6.45, 7) is 4.57. The van der Waals surface area contributed by atoms with Crippen LogP contribution in [0.5, 0.6) is 0 Å². The second-order valence-electron chi connectivity index (χ2n) is 5.67. The van der Waals surface area contributed by atoms with Crippen molar-refractivity contribution in [3.63, 3.8) is 0 Å². The largest absolute Gasteiger partial charge is 0.347 e. The number of pyridine rings is 1. The molecule has 0 saturated carbocycles. The Bertz CT molecular complexity index is 843.